The fourth-order valence-corrected chi connectivity index (χ4v) is 7.19. The fourth-order valence-electron chi connectivity index (χ4n) is 4.70. The molecule has 0 spiro atoms. The zero-order valence-corrected chi connectivity index (χ0v) is 19.6. The molecule has 1 aromatic carbocycles. The van der Waals surface area contributed by atoms with Crippen LogP contribution in [0.2, 0.25) is 0 Å². The summed E-state index contributed by atoms with van der Waals surface area (Å²) in [6.07, 6.45) is 3.02. The van der Waals surface area contributed by atoms with Crippen molar-refractivity contribution in [3.63, 3.8) is 0 Å². The highest BCUT2D eigenvalue weighted by molar-refractivity contribution is 7.89. The van der Waals surface area contributed by atoms with Gasteiger partial charge in [0.15, 0.2) is 0 Å². The summed E-state index contributed by atoms with van der Waals surface area (Å²) in [5.74, 6) is 0.104. The molecule has 0 unspecified atom stereocenters. The number of benzene rings is 1. The minimum atomic E-state index is -3.51. The van der Waals surface area contributed by atoms with Crippen LogP contribution < -0.4 is 0 Å². The zero-order valence-electron chi connectivity index (χ0n) is 17.9. The number of carbonyl (C=O) groups excluding carboxylic acids is 1. The second-order valence-corrected chi connectivity index (χ2v) is 11.4. The van der Waals surface area contributed by atoms with E-state index in [1.165, 1.54) is 10.4 Å². The summed E-state index contributed by atoms with van der Waals surface area (Å²) in [5, 5.41) is 2.12. The van der Waals surface area contributed by atoms with Gasteiger partial charge in [0, 0.05) is 30.4 Å². The van der Waals surface area contributed by atoms with Crippen LogP contribution in [0.4, 0.5) is 0 Å². The van der Waals surface area contributed by atoms with E-state index in [1.54, 1.807) is 27.8 Å². The lowest BCUT2D eigenvalue weighted by Crippen LogP contribution is -2.47. The quantitative estimate of drug-likeness (QED) is 0.704. The van der Waals surface area contributed by atoms with Gasteiger partial charge in [-0.15, -0.1) is 11.3 Å². The Bertz CT molecular complexity index is 1040. The zero-order chi connectivity index (χ0) is 21.5. The van der Waals surface area contributed by atoms with Crippen LogP contribution in [-0.2, 0) is 21.2 Å². The predicted octanol–water partition coefficient (Wildman–Crippen LogP) is 4.30. The molecule has 2 aliphatic rings. The van der Waals surface area contributed by atoms with Crippen LogP contribution in [0.3, 0.4) is 0 Å². The van der Waals surface area contributed by atoms with Crippen LogP contribution in [0.5, 0.6) is 0 Å². The van der Waals surface area contributed by atoms with Crippen LogP contribution in [0.1, 0.15) is 53.8 Å². The summed E-state index contributed by atoms with van der Waals surface area (Å²) in [5.41, 5.74) is 3.36. The summed E-state index contributed by atoms with van der Waals surface area (Å²) in [6, 6.07) is 7.61. The van der Waals surface area contributed by atoms with Crippen LogP contribution >= 0.6 is 11.3 Å². The molecule has 0 N–H and O–H groups in total. The first-order valence-corrected chi connectivity index (χ1v) is 13.1. The van der Waals surface area contributed by atoms with Crippen LogP contribution in [-0.4, -0.2) is 43.2 Å². The Kier molecular flexibility index (Phi) is 6.06. The van der Waals surface area contributed by atoms with Gasteiger partial charge in [0.05, 0.1) is 10.9 Å². The van der Waals surface area contributed by atoms with Gasteiger partial charge >= 0.3 is 0 Å². The molecule has 30 heavy (non-hydrogen) atoms. The molecule has 0 aliphatic carbocycles. The average molecular weight is 447 g/mol. The molecule has 4 rings (SSSR count). The number of piperidine rings is 1. The van der Waals surface area contributed by atoms with Gasteiger partial charge in [0.25, 0.3) is 0 Å². The molecule has 1 amide bonds. The van der Waals surface area contributed by atoms with Crippen molar-refractivity contribution in [1.82, 2.24) is 9.21 Å². The van der Waals surface area contributed by atoms with E-state index in [1.807, 2.05) is 24.8 Å². The van der Waals surface area contributed by atoms with E-state index >= 15 is 0 Å². The minimum absolute atomic E-state index is 0.0922. The van der Waals surface area contributed by atoms with Gasteiger partial charge in [-0.05, 0) is 79.8 Å². The maximum atomic E-state index is 13.3. The SMILES string of the molecule is CC[C@@H]1c2ccsc2CCN1C(=O)C1CCN(S(=O)(=O)c2ccc(C)c(C)c2)CC1. The molecule has 1 saturated heterocycles. The molecule has 1 fully saturated rings. The Labute approximate surface area is 183 Å². The molecule has 1 atom stereocenters. The van der Waals surface area contributed by atoms with E-state index in [0.717, 1.165) is 30.5 Å². The Morgan fingerprint density at radius 2 is 1.83 bits per heavy atom. The largest absolute Gasteiger partial charge is 0.335 e. The highest BCUT2D eigenvalue weighted by Gasteiger charge is 2.37. The monoisotopic (exact) mass is 446 g/mol. The third-order valence-corrected chi connectivity index (χ3v) is 9.58. The molecule has 2 aliphatic heterocycles. The van der Waals surface area contributed by atoms with E-state index < -0.39 is 10.0 Å². The normalized spacial score (nSPS) is 20.9. The Hall–Kier alpha value is -1.70. The Balaban J connectivity index is 1.44. The number of aryl methyl sites for hydroxylation is 2. The number of carbonyl (C=O) groups is 1. The first-order chi connectivity index (χ1) is 14.3. The van der Waals surface area contributed by atoms with E-state index in [-0.39, 0.29) is 17.9 Å². The van der Waals surface area contributed by atoms with Gasteiger partial charge in [-0.2, -0.15) is 4.31 Å². The van der Waals surface area contributed by atoms with Crippen molar-refractivity contribution >= 4 is 27.3 Å². The Morgan fingerprint density at radius 3 is 2.50 bits per heavy atom. The highest BCUT2D eigenvalue weighted by Crippen LogP contribution is 2.37. The van der Waals surface area contributed by atoms with Crippen molar-refractivity contribution < 1.29 is 13.2 Å². The molecule has 3 heterocycles. The second-order valence-electron chi connectivity index (χ2n) is 8.43. The number of sulfonamides is 1. The van der Waals surface area contributed by atoms with E-state index in [0.29, 0.717) is 30.8 Å². The van der Waals surface area contributed by atoms with Crippen molar-refractivity contribution in [2.75, 3.05) is 19.6 Å². The van der Waals surface area contributed by atoms with E-state index in [4.69, 9.17) is 0 Å². The van der Waals surface area contributed by atoms with Crippen LogP contribution in [0, 0.1) is 19.8 Å². The van der Waals surface area contributed by atoms with Crippen LogP contribution in [0.25, 0.3) is 0 Å². The maximum Gasteiger partial charge on any atom is 0.243 e. The van der Waals surface area contributed by atoms with Crippen molar-refractivity contribution in [2.24, 2.45) is 5.92 Å². The summed E-state index contributed by atoms with van der Waals surface area (Å²) in [4.78, 5) is 17.1. The third-order valence-electron chi connectivity index (χ3n) is 6.68. The molecule has 0 saturated carbocycles. The first-order valence-electron chi connectivity index (χ1n) is 10.8. The van der Waals surface area contributed by atoms with Gasteiger partial charge in [0.1, 0.15) is 0 Å². The Morgan fingerprint density at radius 1 is 1.10 bits per heavy atom. The van der Waals surface area contributed by atoms with Gasteiger partial charge in [0.2, 0.25) is 15.9 Å². The standard InChI is InChI=1S/C23H30N2O3S2/c1-4-21-20-10-14-29-22(20)9-13-25(21)23(26)18-7-11-24(12-8-18)30(27,28)19-6-5-16(2)17(3)15-19/h5-6,10,14-15,18,21H,4,7-9,11-13H2,1-3H3/t21-/m1/s1. The number of thiophene rings is 1. The number of fused-ring (bicyclic) bond motifs is 1. The van der Waals surface area contributed by atoms with Gasteiger partial charge in [-0.25, -0.2) is 8.42 Å². The second kappa shape index (κ2) is 8.44. The molecule has 2 aromatic rings. The van der Waals surface area contributed by atoms with Crippen molar-refractivity contribution in [3.05, 3.63) is 51.2 Å². The molecular weight excluding hydrogens is 416 g/mol. The molecule has 1 aromatic heterocycles. The molecule has 0 bridgehead atoms. The number of hydrogen-bond donors (Lipinski definition) is 0. The fraction of sp³-hybridized carbons (Fsp3) is 0.522. The molecule has 0 radical (unpaired) electrons. The predicted molar refractivity (Wildman–Crippen MR) is 120 cm³/mol. The minimum Gasteiger partial charge on any atom is -0.335 e. The van der Waals surface area contributed by atoms with Gasteiger partial charge in [-0.3, -0.25) is 4.79 Å². The highest BCUT2D eigenvalue weighted by atomic mass is 32.2. The topological polar surface area (TPSA) is 57.7 Å². The van der Waals surface area contributed by atoms with Crippen molar-refractivity contribution in [2.45, 2.75) is 57.4 Å². The van der Waals surface area contributed by atoms with E-state index in [9.17, 15) is 13.2 Å². The third kappa shape index (κ3) is 3.83. The summed E-state index contributed by atoms with van der Waals surface area (Å²) in [7, 11) is -3.51. The number of amides is 1. The molecule has 7 heteroatoms. The van der Waals surface area contributed by atoms with Crippen molar-refractivity contribution in [3.8, 4) is 0 Å². The number of nitrogens with zero attached hydrogens (tertiary/aromatic N) is 2. The first kappa shape index (κ1) is 21.5. The lowest BCUT2D eigenvalue weighted by Gasteiger charge is -2.39. The van der Waals surface area contributed by atoms with Gasteiger partial charge < -0.3 is 4.90 Å². The summed E-state index contributed by atoms with van der Waals surface area (Å²) < 4.78 is 27.7. The van der Waals surface area contributed by atoms with Crippen LogP contribution in [0.15, 0.2) is 34.5 Å². The molecule has 162 valence electrons. The molecule has 5 nitrogen and oxygen atoms in total. The number of rotatable bonds is 4. The average Bonchev–Trinajstić information content (AvgIpc) is 3.23. The maximum absolute atomic E-state index is 13.3. The van der Waals surface area contributed by atoms with Gasteiger partial charge in [-0.1, -0.05) is 13.0 Å². The van der Waals surface area contributed by atoms with Crippen molar-refractivity contribution in [1.29, 1.82) is 0 Å². The summed E-state index contributed by atoms with van der Waals surface area (Å²) in [6.45, 7) is 7.62. The lowest BCUT2D eigenvalue weighted by atomic mass is 9.92. The molecular formula is C23H30N2O3S2. The lowest BCUT2D eigenvalue weighted by molar-refractivity contribution is -0.139. The number of hydrogen-bond acceptors (Lipinski definition) is 4. The summed E-state index contributed by atoms with van der Waals surface area (Å²) >= 11 is 1.79. The smallest absolute Gasteiger partial charge is 0.243 e. The van der Waals surface area contributed by atoms with E-state index in [2.05, 4.69) is 18.4 Å².